The Morgan fingerprint density at radius 3 is 2.49 bits per heavy atom. The van der Waals surface area contributed by atoms with Crippen molar-refractivity contribution in [3.8, 4) is 5.75 Å². The number of nitrogens with zero attached hydrogens (tertiary/aromatic N) is 4. The Hall–Kier alpha value is -3.50. The molecule has 0 saturated heterocycles. The summed E-state index contributed by atoms with van der Waals surface area (Å²) in [4.78, 5) is 19.9. The number of rotatable bonds is 9. The van der Waals surface area contributed by atoms with E-state index in [2.05, 4.69) is 9.71 Å². The summed E-state index contributed by atoms with van der Waals surface area (Å²) in [7, 11) is -4.69. The molecule has 3 aromatic rings. The Bertz CT molecular complexity index is 1720. The molecule has 1 amide bonds. The molecular weight excluding hydrogens is 647 g/mol. The first-order valence-corrected chi connectivity index (χ1v) is 18.5. The van der Waals surface area contributed by atoms with E-state index in [0.29, 0.717) is 19.4 Å². The summed E-state index contributed by atoms with van der Waals surface area (Å²) in [5, 5.41) is 10.0. The number of benzene rings is 2. The molecule has 0 radical (unpaired) electrons. The fourth-order valence-electron chi connectivity index (χ4n) is 5.31. The normalized spacial score (nSPS) is 21.0. The monoisotopic (exact) mass is 691 g/mol. The molecule has 15 heteroatoms. The highest BCUT2D eigenvalue weighted by Gasteiger charge is 2.32. The van der Waals surface area contributed by atoms with Crippen molar-refractivity contribution in [1.29, 1.82) is 0 Å². The first kappa shape index (κ1) is 36.3. The van der Waals surface area contributed by atoms with E-state index in [1.54, 1.807) is 50.4 Å². The molecule has 1 aromatic heterocycles. The number of amides is 1. The molecule has 0 aliphatic carbocycles. The quantitative estimate of drug-likeness (QED) is 0.343. The Kier molecular flexibility index (Phi) is 12.1. The molecule has 4 rings (SSSR count). The van der Waals surface area contributed by atoms with Crippen LogP contribution < -0.4 is 9.46 Å². The van der Waals surface area contributed by atoms with Gasteiger partial charge in [-0.15, -0.1) is 0 Å². The molecule has 0 unspecified atom stereocenters. The number of hydrogen-bond acceptors (Lipinski definition) is 9. The van der Waals surface area contributed by atoms with Gasteiger partial charge in [0.25, 0.3) is 15.9 Å². The van der Waals surface area contributed by atoms with Gasteiger partial charge >= 0.3 is 0 Å². The first-order chi connectivity index (χ1) is 22.2. The van der Waals surface area contributed by atoms with E-state index in [1.165, 1.54) is 45.5 Å². The summed E-state index contributed by atoms with van der Waals surface area (Å²) in [6, 6.07) is 12.0. The number of anilines is 1. The van der Waals surface area contributed by atoms with Crippen LogP contribution in [0.3, 0.4) is 0 Å². The molecule has 13 nitrogen and oxygen atoms in total. The van der Waals surface area contributed by atoms with Gasteiger partial charge in [0.05, 0.1) is 41.6 Å². The summed E-state index contributed by atoms with van der Waals surface area (Å²) in [5.41, 5.74) is 0.252. The predicted octanol–water partition coefficient (Wildman–Crippen LogP) is 3.34. The molecule has 0 bridgehead atoms. The maximum Gasteiger partial charge on any atom is 0.280 e. The van der Waals surface area contributed by atoms with Crippen molar-refractivity contribution in [3.05, 3.63) is 66.6 Å². The van der Waals surface area contributed by atoms with E-state index in [1.807, 2.05) is 13.8 Å². The van der Waals surface area contributed by atoms with Crippen molar-refractivity contribution < 1.29 is 36.2 Å². The number of likely N-dealkylation sites (N-methyl/N-ethyl adjacent to an activating group) is 1. The maximum atomic E-state index is 14.3. The molecule has 4 atom stereocenters. The highest BCUT2D eigenvalue weighted by atomic mass is 32.2. The molecule has 0 spiro atoms. The van der Waals surface area contributed by atoms with Crippen molar-refractivity contribution in [2.75, 3.05) is 38.1 Å². The molecule has 0 saturated carbocycles. The van der Waals surface area contributed by atoms with E-state index in [0.717, 1.165) is 6.42 Å². The van der Waals surface area contributed by atoms with Gasteiger partial charge in [-0.25, -0.2) is 13.4 Å². The second kappa shape index (κ2) is 15.6. The Balaban J connectivity index is 1.68. The lowest BCUT2D eigenvalue weighted by Crippen LogP contribution is -2.48. The number of carbonyl (C=O) groups is 1. The lowest BCUT2D eigenvalue weighted by atomic mass is 10.0. The second-order valence-electron chi connectivity index (χ2n) is 12.1. The molecule has 2 N–H and O–H groups in total. The summed E-state index contributed by atoms with van der Waals surface area (Å²) in [6.07, 6.45) is 4.02. The largest absolute Gasteiger partial charge is 0.490 e. The van der Waals surface area contributed by atoms with Crippen LogP contribution in [0.1, 0.15) is 50.4 Å². The average molecular weight is 692 g/mol. The minimum atomic E-state index is -4.05. The summed E-state index contributed by atoms with van der Waals surface area (Å²) >= 11 is 0. The fraction of sp³-hybridized carbons (Fsp3) is 0.500. The highest BCUT2D eigenvalue weighted by Crippen LogP contribution is 2.29. The molecule has 2 heterocycles. The predicted molar refractivity (Wildman–Crippen MR) is 177 cm³/mol. The second-order valence-corrected chi connectivity index (χ2v) is 15.8. The molecule has 0 fully saturated rings. The lowest BCUT2D eigenvalue weighted by Gasteiger charge is -2.35. The minimum Gasteiger partial charge on any atom is -0.490 e. The molecule has 1 aliphatic heterocycles. The van der Waals surface area contributed by atoms with Gasteiger partial charge in [-0.05, 0) is 63.4 Å². The van der Waals surface area contributed by atoms with Crippen LogP contribution in [-0.2, 0) is 31.8 Å². The van der Waals surface area contributed by atoms with Crippen LogP contribution >= 0.6 is 0 Å². The van der Waals surface area contributed by atoms with Crippen molar-refractivity contribution in [1.82, 2.24) is 18.8 Å². The zero-order valence-electron chi connectivity index (χ0n) is 27.4. The highest BCUT2D eigenvalue weighted by molar-refractivity contribution is 7.92. The van der Waals surface area contributed by atoms with Gasteiger partial charge in [-0.1, -0.05) is 25.1 Å². The first-order valence-electron chi connectivity index (χ1n) is 15.6. The van der Waals surface area contributed by atoms with E-state index in [-0.39, 0.29) is 58.6 Å². The van der Waals surface area contributed by atoms with Gasteiger partial charge in [0.2, 0.25) is 10.0 Å². The topological polar surface area (TPSA) is 160 Å². The van der Waals surface area contributed by atoms with Crippen LogP contribution in [0.5, 0.6) is 5.75 Å². The zero-order valence-corrected chi connectivity index (χ0v) is 29.1. The molecule has 1 aliphatic rings. The third kappa shape index (κ3) is 9.11. The van der Waals surface area contributed by atoms with Crippen molar-refractivity contribution >= 4 is 31.6 Å². The van der Waals surface area contributed by atoms with Gasteiger partial charge in [0.15, 0.2) is 5.03 Å². The smallest absolute Gasteiger partial charge is 0.280 e. The average Bonchev–Trinajstić information content (AvgIpc) is 3.49. The molecular formula is C32H45N5O8S2. The number of sulfonamides is 2. The molecule has 2 aromatic carbocycles. The zero-order chi connectivity index (χ0) is 34.4. The van der Waals surface area contributed by atoms with Gasteiger partial charge in [0, 0.05) is 51.6 Å². The summed E-state index contributed by atoms with van der Waals surface area (Å²) in [6.45, 7) is 5.67. The number of ether oxygens (including phenoxy) is 2. The van der Waals surface area contributed by atoms with E-state index < -0.39 is 38.1 Å². The Morgan fingerprint density at radius 2 is 1.83 bits per heavy atom. The van der Waals surface area contributed by atoms with Crippen molar-refractivity contribution in [2.24, 2.45) is 13.0 Å². The summed E-state index contributed by atoms with van der Waals surface area (Å²) in [5.74, 6) is -0.566. The number of nitrogens with one attached hydrogen (secondary N) is 1. The number of aromatic nitrogens is 2. The maximum absolute atomic E-state index is 14.3. The van der Waals surface area contributed by atoms with E-state index >= 15 is 0 Å². The third-order valence-electron chi connectivity index (χ3n) is 8.15. The van der Waals surface area contributed by atoms with Crippen LogP contribution in [-0.4, -0.2) is 98.2 Å². The summed E-state index contributed by atoms with van der Waals surface area (Å²) < 4.78 is 70.5. The fourth-order valence-corrected chi connectivity index (χ4v) is 7.54. The Morgan fingerprint density at radius 1 is 1.11 bits per heavy atom. The third-order valence-corrected chi connectivity index (χ3v) is 11.3. The minimum absolute atomic E-state index is 0.0451. The van der Waals surface area contributed by atoms with Crippen molar-refractivity contribution in [2.45, 2.75) is 68.2 Å². The number of imidazole rings is 1. The number of aliphatic hydroxyl groups excluding tert-OH is 1. The number of hydrogen-bond donors (Lipinski definition) is 2. The van der Waals surface area contributed by atoms with E-state index in [9.17, 15) is 26.7 Å². The number of carbonyl (C=O) groups excluding carboxylic acids is 1. The molecule has 47 heavy (non-hydrogen) atoms. The van der Waals surface area contributed by atoms with Gasteiger partial charge in [0.1, 0.15) is 5.75 Å². The van der Waals surface area contributed by atoms with Crippen LogP contribution in [0.2, 0.25) is 0 Å². The number of aryl methyl sites for hydroxylation is 1. The van der Waals surface area contributed by atoms with Crippen molar-refractivity contribution in [3.63, 3.8) is 0 Å². The standard InChI is InChI=1S/C32H45N5O8S2/c1-23-18-37(24(2)21-38)32(39)28-17-26(34-46(40,41)31-20-35(4)22-33-31)14-15-29(28)45-25(3)11-9-10-16-44-30(23)19-36(5)47(42,43)27-12-7-6-8-13-27/h6-8,12-15,17,20,22-25,30,34,38H,9-11,16,18-19,21H2,1-5H3/t23-,24+,25-,30+/m1/s1. The number of fused-ring (bicyclic) bond motifs is 1. The van der Waals surface area contributed by atoms with Gasteiger partial charge < -0.3 is 24.0 Å². The van der Waals surface area contributed by atoms with Gasteiger partial charge in [-0.2, -0.15) is 12.7 Å². The van der Waals surface area contributed by atoms with Crippen LogP contribution in [0.25, 0.3) is 0 Å². The van der Waals surface area contributed by atoms with Crippen LogP contribution in [0.4, 0.5) is 5.69 Å². The van der Waals surface area contributed by atoms with E-state index in [4.69, 9.17) is 9.47 Å². The Labute approximate surface area is 277 Å². The SMILES string of the molecule is C[C@@H]1CCCCO[C@@H](CN(C)S(=O)(=O)c2ccccc2)[C@H](C)CN([C@@H](C)CO)C(=O)c2cc(NS(=O)(=O)c3cn(C)cn3)ccc2O1. The lowest BCUT2D eigenvalue weighted by molar-refractivity contribution is -0.00833. The van der Waals surface area contributed by atoms with Gasteiger partial charge in [-0.3, -0.25) is 9.52 Å². The van der Waals surface area contributed by atoms with Crippen LogP contribution in [0.15, 0.2) is 71.0 Å². The number of aliphatic hydroxyl groups is 1. The molecule has 258 valence electrons. The van der Waals surface area contributed by atoms with Crippen LogP contribution in [0, 0.1) is 5.92 Å².